The lowest BCUT2D eigenvalue weighted by Gasteiger charge is -2.32. The number of ether oxygens (including phenoxy) is 1. The third-order valence-corrected chi connectivity index (χ3v) is 4.15. The van der Waals surface area contributed by atoms with Crippen molar-refractivity contribution in [2.45, 2.75) is 46.4 Å². The van der Waals surface area contributed by atoms with E-state index in [-0.39, 0.29) is 23.8 Å². The van der Waals surface area contributed by atoms with Crippen LogP contribution in [0.2, 0.25) is 0 Å². The van der Waals surface area contributed by atoms with E-state index in [0.29, 0.717) is 13.2 Å². The van der Waals surface area contributed by atoms with Gasteiger partial charge in [0.25, 0.3) is 0 Å². The van der Waals surface area contributed by atoms with E-state index < -0.39 is 6.04 Å². The summed E-state index contributed by atoms with van der Waals surface area (Å²) in [6.45, 7) is 10.0. The van der Waals surface area contributed by atoms with Gasteiger partial charge in [-0.15, -0.1) is 0 Å². The minimum atomic E-state index is -0.528. The lowest BCUT2D eigenvalue weighted by atomic mass is 10.0. The van der Waals surface area contributed by atoms with Crippen LogP contribution in [0.15, 0.2) is 18.3 Å². The summed E-state index contributed by atoms with van der Waals surface area (Å²) in [6.07, 6.45) is 1.98. The minimum absolute atomic E-state index is 0.0210. The number of carbonyl (C=O) groups excluding carboxylic acids is 2. The molecule has 0 unspecified atom stereocenters. The Hall–Kier alpha value is -2.15. The molecule has 2 atom stereocenters. The van der Waals surface area contributed by atoms with Gasteiger partial charge >= 0.3 is 0 Å². The zero-order chi connectivity index (χ0) is 18.4. The Labute approximate surface area is 149 Å². The van der Waals surface area contributed by atoms with Crippen molar-refractivity contribution in [3.63, 3.8) is 0 Å². The summed E-state index contributed by atoms with van der Waals surface area (Å²) in [5.74, 6) is 0.548. The van der Waals surface area contributed by atoms with Crippen LogP contribution in [-0.4, -0.2) is 48.6 Å². The van der Waals surface area contributed by atoms with Crippen LogP contribution in [0.25, 0.3) is 0 Å². The van der Waals surface area contributed by atoms with Gasteiger partial charge in [-0.1, -0.05) is 19.9 Å². The molecule has 2 amide bonds. The predicted molar refractivity (Wildman–Crippen MR) is 96.2 cm³/mol. The van der Waals surface area contributed by atoms with Gasteiger partial charge in [0.05, 0.1) is 12.7 Å². The van der Waals surface area contributed by atoms with Gasteiger partial charge in [0.2, 0.25) is 11.8 Å². The highest BCUT2D eigenvalue weighted by molar-refractivity contribution is 5.87. The van der Waals surface area contributed by atoms with Crippen molar-refractivity contribution in [3.05, 3.63) is 23.9 Å². The van der Waals surface area contributed by atoms with Gasteiger partial charge in [0.1, 0.15) is 11.9 Å². The fraction of sp³-hybridized carbons (Fsp3) is 0.611. The maximum Gasteiger partial charge on any atom is 0.243 e. The number of hydrogen-bond donors (Lipinski definition) is 2. The first-order valence-corrected chi connectivity index (χ1v) is 8.73. The minimum Gasteiger partial charge on any atom is -0.375 e. The number of rotatable bonds is 6. The molecule has 2 rings (SSSR count). The number of nitrogens with one attached hydrogen (secondary N) is 2. The Bertz CT molecular complexity index is 588. The number of morpholine rings is 1. The van der Waals surface area contributed by atoms with E-state index in [1.807, 2.05) is 26.0 Å². The molecule has 1 aliphatic rings. The third-order valence-electron chi connectivity index (χ3n) is 4.15. The number of nitrogens with zero attached hydrogens (tertiary/aromatic N) is 2. The number of amides is 2. The lowest BCUT2D eigenvalue weighted by Crippen LogP contribution is -2.48. The van der Waals surface area contributed by atoms with Crippen LogP contribution in [0.1, 0.15) is 33.3 Å². The van der Waals surface area contributed by atoms with Gasteiger partial charge in [-0.2, -0.15) is 0 Å². The number of pyridine rings is 1. The number of carbonyl (C=O) groups is 2. The Morgan fingerprint density at radius 3 is 2.72 bits per heavy atom. The molecule has 0 aromatic carbocycles. The number of aromatic nitrogens is 1. The van der Waals surface area contributed by atoms with Gasteiger partial charge in [-0.05, 0) is 24.5 Å². The molecule has 0 bridgehead atoms. The summed E-state index contributed by atoms with van der Waals surface area (Å²) < 4.78 is 5.54. The SMILES string of the molecule is CC(=O)N[C@H](C(=O)NCc1ccc(N2CCO[C@H](C)C2)nc1)C(C)C. The molecular formula is C18H28N4O3. The van der Waals surface area contributed by atoms with Crippen molar-refractivity contribution in [1.82, 2.24) is 15.6 Å². The van der Waals surface area contributed by atoms with Crippen LogP contribution in [0.3, 0.4) is 0 Å². The second-order valence-corrected chi connectivity index (χ2v) is 6.79. The molecule has 25 heavy (non-hydrogen) atoms. The van der Waals surface area contributed by atoms with Crippen molar-refractivity contribution in [3.8, 4) is 0 Å². The molecule has 0 spiro atoms. The van der Waals surface area contributed by atoms with Crippen LogP contribution in [0, 0.1) is 5.92 Å². The van der Waals surface area contributed by atoms with Crippen LogP contribution < -0.4 is 15.5 Å². The second-order valence-electron chi connectivity index (χ2n) is 6.79. The van der Waals surface area contributed by atoms with Crippen molar-refractivity contribution in [1.29, 1.82) is 0 Å². The van der Waals surface area contributed by atoms with E-state index in [4.69, 9.17) is 4.74 Å². The van der Waals surface area contributed by atoms with Gasteiger partial charge < -0.3 is 20.3 Å². The third kappa shape index (κ3) is 5.70. The first-order chi connectivity index (χ1) is 11.9. The number of hydrogen-bond acceptors (Lipinski definition) is 5. The normalized spacial score (nSPS) is 18.8. The first-order valence-electron chi connectivity index (χ1n) is 8.73. The summed E-state index contributed by atoms with van der Waals surface area (Å²) in [6, 6.07) is 3.40. The highest BCUT2D eigenvalue weighted by Gasteiger charge is 2.22. The van der Waals surface area contributed by atoms with Crippen molar-refractivity contribution in [2.75, 3.05) is 24.6 Å². The second kappa shape index (κ2) is 8.80. The summed E-state index contributed by atoms with van der Waals surface area (Å²) >= 11 is 0. The van der Waals surface area contributed by atoms with E-state index >= 15 is 0 Å². The molecule has 2 N–H and O–H groups in total. The highest BCUT2D eigenvalue weighted by atomic mass is 16.5. The lowest BCUT2D eigenvalue weighted by molar-refractivity contribution is -0.129. The number of anilines is 1. The average molecular weight is 348 g/mol. The molecule has 0 aliphatic carbocycles. The van der Waals surface area contributed by atoms with Gasteiger partial charge in [-0.3, -0.25) is 9.59 Å². The van der Waals surface area contributed by atoms with E-state index in [1.54, 1.807) is 6.20 Å². The Kier molecular flexibility index (Phi) is 6.75. The van der Waals surface area contributed by atoms with E-state index in [9.17, 15) is 9.59 Å². The summed E-state index contributed by atoms with van der Waals surface area (Å²) in [5, 5.41) is 5.55. The maximum absolute atomic E-state index is 12.3. The molecule has 1 aliphatic heterocycles. The van der Waals surface area contributed by atoms with Crippen LogP contribution in [0.4, 0.5) is 5.82 Å². The fourth-order valence-electron chi connectivity index (χ4n) is 2.79. The average Bonchev–Trinajstić information content (AvgIpc) is 2.57. The largest absolute Gasteiger partial charge is 0.375 e. The topological polar surface area (TPSA) is 83.6 Å². The van der Waals surface area contributed by atoms with Crippen LogP contribution in [-0.2, 0) is 20.9 Å². The Morgan fingerprint density at radius 1 is 1.40 bits per heavy atom. The molecule has 138 valence electrons. The van der Waals surface area contributed by atoms with E-state index in [2.05, 4.69) is 27.4 Å². The molecular weight excluding hydrogens is 320 g/mol. The van der Waals surface area contributed by atoms with Crippen molar-refractivity contribution >= 4 is 17.6 Å². The molecule has 0 radical (unpaired) electrons. The van der Waals surface area contributed by atoms with Gasteiger partial charge in [-0.25, -0.2) is 4.98 Å². The standard InChI is InChI=1S/C18H28N4O3/c1-12(2)17(21-14(4)23)18(24)20-10-15-5-6-16(19-9-15)22-7-8-25-13(3)11-22/h5-6,9,12-13,17H,7-8,10-11H2,1-4H3,(H,20,24)(H,21,23)/t13-,17+/m1/s1. The molecule has 7 heteroatoms. The van der Waals surface area contributed by atoms with Crippen molar-refractivity contribution in [2.24, 2.45) is 5.92 Å². The summed E-state index contributed by atoms with van der Waals surface area (Å²) in [4.78, 5) is 30.2. The van der Waals surface area contributed by atoms with Gasteiger partial charge in [0, 0.05) is 32.8 Å². The molecule has 1 fully saturated rings. The fourth-order valence-corrected chi connectivity index (χ4v) is 2.79. The van der Waals surface area contributed by atoms with E-state index in [0.717, 1.165) is 24.5 Å². The van der Waals surface area contributed by atoms with Crippen LogP contribution in [0.5, 0.6) is 0 Å². The zero-order valence-corrected chi connectivity index (χ0v) is 15.4. The summed E-state index contributed by atoms with van der Waals surface area (Å²) in [7, 11) is 0. The monoisotopic (exact) mass is 348 g/mol. The Morgan fingerprint density at radius 2 is 2.16 bits per heavy atom. The van der Waals surface area contributed by atoms with E-state index in [1.165, 1.54) is 6.92 Å². The predicted octanol–water partition coefficient (Wildman–Crippen LogP) is 1.08. The van der Waals surface area contributed by atoms with Crippen molar-refractivity contribution < 1.29 is 14.3 Å². The van der Waals surface area contributed by atoms with Crippen LogP contribution >= 0.6 is 0 Å². The molecule has 1 aromatic rings. The smallest absolute Gasteiger partial charge is 0.243 e. The quantitative estimate of drug-likeness (QED) is 0.804. The Balaban J connectivity index is 1.90. The maximum atomic E-state index is 12.3. The molecule has 2 heterocycles. The zero-order valence-electron chi connectivity index (χ0n) is 15.4. The molecule has 1 aromatic heterocycles. The molecule has 7 nitrogen and oxygen atoms in total. The molecule has 1 saturated heterocycles. The highest BCUT2D eigenvalue weighted by Crippen LogP contribution is 2.15. The van der Waals surface area contributed by atoms with Gasteiger partial charge in [0.15, 0.2) is 0 Å². The summed E-state index contributed by atoms with van der Waals surface area (Å²) in [5.41, 5.74) is 0.920. The first kappa shape index (κ1) is 19.2. The molecule has 0 saturated carbocycles.